The highest BCUT2D eigenvalue weighted by atomic mass is 35.5. The van der Waals surface area contributed by atoms with Gasteiger partial charge in [-0.15, -0.1) is 11.3 Å². The number of carbonyl (C=O) groups is 1. The predicted molar refractivity (Wildman–Crippen MR) is 133 cm³/mol. The molecule has 5 aromatic rings. The standard InChI is InChI=1S/C25H19ClN4O2S/c1-15-28-22-18-11-12-20(16-7-3-2-4-8-16)29-24(18)33-23(22)25(32)30(15)14-21(31)27-13-17-9-5-6-10-19(17)26/h2-12H,13-14H2,1H3,(H,27,31). The zero-order valence-corrected chi connectivity index (χ0v) is 19.3. The minimum Gasteiger partial charge on any atom is -0.350 e. The minimum absolute atomic E-state index is 0.116. The Labute approximate surface area is 198 Å². The Kier molecular flexibility index (Phi) is 5.66. The van der Waals surface area contributed by atoms with Gasteiger partial charge in [-0.1, -0.05) is 60.1 Å². The number of aryl methyl sites for hydroxylation is 1. The van der Waals surface area contributed by atoms with Crippen molar-refractivity contribution < 1.29 is 4.79 Å². The molecule has 0 saturated heterocycles. The first-order valence-electron chi connectivity index (χ1n) is 10.4. The molecule has 0 aliphatic heterocycles. The monoisotopic (exact) mass is 474 g/mol. The summed E-state index contributed by atoms with van der Waals surface area (Å²) in [7, 11) is 0. The Balaban J connectivity index is 1.46. The summed E-state index contributed by atoms with van der Waals surface area (Å²) < 4.78 is 1.89. The van der Waals surface area contributed by atoms with Crippen LogP contribution in [0.4, 0.5) is 0 Å². The van der Waals surface area contributed by atoms with E-state index in [1.807, 2.05) is 60.7 Å². The maximum atomic E-state index is 13.2. The number of nitrogens with zero attached hydrogens (tertiary/aromatic N) is 3. The van der Waals surface area contributed by atoms with Gasteiger partial charge in [0.05, 0.1) is 11.2 Å². The second-order valence-electron chi connectivity index (χ2n) is 7.61. The summed E-state index contributed by atoms with van der Waals surface area (Å²) in [6.07, 6.45) is 0. The van der Waals surface area contributed by atoms with Crippen LogP contribution in [0, 0.1) is 6.92 Å². The van der Waals surface area contributed by atoms with E-state index in [-0.39, 0.29) is 24.6 Å². The van der Waals surface area contributed by atoms with E-state index < -0.39 is 0 Å². The number of halogens is 1. The number of rotatable bonds is 5. The average molecular weight is 475 g/mol. The van der Waals surface area contributed by atoms with Crippen LogP contribution in [0.2, 0.25) is 5.02 Å². The number of pyridine rings is 1. The molecule has 8 heteroatoms. The highest BCUT2D eigenvalue weighted by Gasteiger charge is 2.17. The van der Waals surface area contributed by atoms with Crippen molar-refractivity contribution in [2.24, 2.45) is 0 Å². The second-order valence-corrected chi connectivity index (χ2v) is 9.02. The van der Waals surface area contributed by atoms with Crippen LogP contribution in [0.25, 0.3) is 31.7 Å². The fourth-order valence-corrected chi connectivity index (χ4v) is 4.97. The van der Waals surface area contributed by atoms with Gasteiger partial charge in [0.1, 0.15) is 21.9 Å². The number of aromatic nitrogens is 3. The molecular weight excluding hydrogens is 456 g/mol. The summed E-state index contributed by atoms with van der Waals surface area (Å²) in [4.78, 5) is 35.9. The number of fused-ring (bicyclic) bond motifs is 3. The number of carbonyl (C=O) groups excluding carboxylic acids is 1. The SMILES string of the molecule is Cc1nc2c(sc3nc(-c4ccccc4)ccc32)c(=O)n1CC(=O)NCc1ccccc1Cl. The van der Waals surface area contributed by atoms with E-state index in [1.54, 1.807) is 13.0 Å². The summed E-state index contributed by atoms with van der Waals surface area (Å²) in [6.45, 7) is 1.91. The van der Waals surface area contributed by atoms with E-state index in [9.17, 15) is 9.59 Å². The largest absolute Gasteiger partial charge is 0.350 e. The van der Waals surface area contributed by atoms with Crippen LogP contribution in [0.15, 0.2) is 71.5 Å². The lowest BCUT2D eigenvalue weighted by Gasteiger charge is -2.10. The molecule has 0 aliphatic rings. The molecule has 0 spiro atoms. The molecule has 0 radical (unpaired) electrons. The lowest BCUT2D eigenvalue weighted by atomic mass is 10.1. The lowest BCUT2D eigenvalue weighted by molar-refractivity contribution is -0.121. The molecule has 0 unspecified atom stereocenters. The van der Waals surface area contributed by atoms with Gasteiger partial charge >= 0.3 is 0 Å². The molecule has 0 bridgehead atoms. The van der Waals surface area contributed by atoms with Gasteiger partial charge in [-0.2, -0.15) is 0 Å². The number of thiophene rings is 1. The molecular formula is C25H19ClN4O2S. The Morgan fingerprint density at radius 3 is 2.58 bits per heavy atom. The van der Waals surface area contributed by atoms with Crippen LogP contribution in [-0.2, 0) is 17.9 Å². The van der Waals surface area contributed by atoms with Crippen molar-refractivity contribution in [1.82, 2.24) is 19.9 Å². The molecule has 3 aromatic heterocycles. The molecule has 33 heavy (non-hydrogen) atoms. The van der Waals surface area contributed by atoms with E-state index >= 15 is 0 Å². The maximum Gasteiger partial charge on any atom is 0.272 e. The fraction of sp³-hybridized carbons (Fsp3) is 0.120. The minimum atomic E-state index is -0.285. The zero-order chi connectivity index (χ0) is 22.9. The molecule has 6 nitrogen and oxygen atoms in total. The third-order valence-electron chi connectivity index (χ3n) is 5.44. The number of hydrogen-bond acceptors (Lipinski definition) is 5. The second kappa shape index (κ2) is 8.77. The smallest absolute Gasteiger partial charge is 0.272 e. The highest BCUT2D eigenvalue weighted by molar-refractivity contribution is 7.25. The van der Waals surface area contributed by atoms with Gasteiger partial charge in [0.25, 0.3) is 5.56 Å². The lowest BCUT2D eigenvalue weighted by Crippen LogP contribution is -2.33. The van der Waals surface area contributed by atoms with E-state index in [2.05, 4.69) is 10.3 Å². The first-order chi connectivity index (χ1) is 16.0. The van der Waals surface area contributed by atoms with Crippen LogP contribution < -0.4 is 10.9 Å². The van der Waals surface area contributed by atoms with Gasteiger partial charge in [0.15, 0.2) is 0 Å². The Morgan fingerprint density at radius 2 is 1.79 bits per heavy atom. The highest BCUT2D eigenvalue weighted by Crippen LogP contribution is 2.31. The Morgan fingerprint density at radius 1 is 1.03 bits per heavy atom. The van der Waals surface area contributed by atoms with Crippen molar-refractivity contribution in [2.45, 2.75) is 20.0 Å². The summed E-state index contributed by atoms with van der Waals surface area (Å²) in [5.74, 6) is 0.194. The zero-order valence-electron chi connectivity index (χ0n) is 17.7. The van der Waals surface area contributed by atoms with Gasteiger partial charge in [0.2, 0.25) is 5.91 Å². The topological polar surface area (TPSA) is 76.9 Å². The quantitative estimate of drug-likeness (QED) is 0.391. The van der Waals surface area contributed by atoms with Crippen LogP contribution in [-0.4, -0.2) is 20.4 Å². The molecule has 164 valence electrons. The number of amides is 1. The molecule has 0 fully saturated rings. The predicted octanol–water partition coefficient (Wildman–Crippen LogP) is 4.95. The molecule has 1 amide bonds. The fourth-order valence-electron chi connectivity index (χ4n) is 3.70. The number of benzene rings is 2. The number of nitrogens with one attached hydrogen (secondary N) is 1. The maximum absolute atomic E-state index is 13.2. The Bertz CT molecular complexity index is 1560. The van der Waals surface area contributed by atoms with Crippen molar-refractivity contribution in [3.8, 4) is 11.3 Å². The molecule has 0 atom stereocenters. The van der Waals surface area contributed by atoms with Crippen LogP contribution in [0.3, 0.4) is 0 Å². The van der Waals surface area contributed by atoms with Crippen molar-refractivity contribution in [1.29, 1.82) is 0 Å². The summed E-state index contributed by atoms with van der Waals surface area (Å²) in [5.41, 5.74) is 3.04. The third kappa shape index (κ3) is 4.13. The van der Waals surface area contributed by atoms with Gasteiger partial charge < -0.3 is 5.32 Å². The first-order valence-corrected chi connectivity index (χ1v) is 11.6. The van der Waals surface area contributed by atoms with Gasteiger partial charge in [-0.25, -0.2) is 9.97 Å². The molecule has 5 rings (SSSR count). The van der Waals surface area contributed by atoms with Crippen molar-refractivity contribution in [2.75, 3.05) is 0 Å². The molecule has 0 aliphatic carbocycles. The summed E-state index contributed by atoms with van der Waals surface area (Å²) in [6, 6.07) is 21.1. The van der Waals surface area contributed by atoms with Gasteiger partial charge in [-0.3, -0.25) is 14.2 Å². The summed E-state index contributed by atoms with van der Waals surface area (Å²) >= 11 is 7.45. The normalized spacial score (nSPS) is 11.2. The first kappa shape index (κ1) is 21.3. The van der Waals surface area contributed by atoms with Crippen LogP contribution in [0.1, 0.15) is 11.4 Å². The number of hydrogen-bond donors (Lipinski definition) is 1. The van der Waals surface area contributed by atoms with E-state index in [1.165, 1.54) is 15.9 Å². The third-order valence-corrected chi connectivity index (χ3v) is 6.88. The van der Waals surface area contributed by atoms with E-state index in [0.29, 0.717) is 21.1 Å². The summed E-state index contributed by atoms with van der Waals surface area (Å²) in [5, 5.41) is 4.25. The average Bonchev–Trinajstić information content (AvgIpc) is 3.19. The Hall–Kier alpha value is -3.55. The molecule has 2 aromatic carbocycles. The van der Waals surface area contributed by atoms with E-state index in [4.69, 9.17) is 16.6 Å². The van der Waals surface area contributed by atoms with Crippen LogP contribution >= 0.6 is 22.9 Å². The molecule has 0 saturated carbocycles. The van der Waals surface area contributed by atoms with Crippen LogP contribution in [0.5, 0.6) is 0 Å². The van der Waals surface area contributed by atoms with Gasteiger partial charge in [-0.05, 0) is 30.7 Å². The molecule has 3 heterocycles. The van der Waals surface area contributed by atoms with E-state index in [0.717, 1.165) is 27.0 Å². The van der Waals surface area contributed by atoms with Crippen molar-refractivity contribution in [3.63, 3.8) is 0 Å². The van der Waals surface area contributed by atoms with Crippen molar-refractivity contribution in [3.05, 3.63) is 93.5 Å². The van der Waals surface area contributed by atoms with Gasteiger partial charge in [0, 0.05) is 22.5 Å². The molecule has 1 N–H and O–H groups in total. The van der Waals surface area contributed by atoms with Crippen molar-refractivity contribution >= 4 is 49.3 Å².